The van der Waals surface area contributed by atoms with E-state index in [4.69, 9.17) is 5.73 Å². The van der Waals surface area contributed by atoms with Crippen molar-refractivity contribution in [2.45, 2.75) is 0 Å². The lowest BCUT2D eigenvalue weighted by Gasteiger charge is -2.09. The van der Waals surface area contributed by atoms with Crippen LogP contribution in [0.5, 0.6) is 0 Å². The number of carbonyl (C=O) groups excluding carboxylic acids is 1. The monoisotopic (exact) mass is 114 g/mol. The Labute approximate surface area is 48.8 Å². The van der Waals surface area contributed by atoms with Crippen molar-refractivity contribution in [1.29, 1.82) is 0 Å². The highest BCUT2D eigenvalue weighted by Crippen LogP contribution is 1.75. The van der Waals surface area contributed by atoms with Crippen LogP contribution in [0, 0.1) is 0 Å². The van der Waals surface area contributed by atoms with Gasteiger partial charge in [-0.25, -0.2) is 0 Å². The SMILES string of the molecule is C=CCN(C=O)CN. The van der Waals surface area contributed by atoms with E-state index in [-0.39, 0.29) is 6.67 Å². The van der Waals surface area contributed by atoms with E-state index in [1.165, 1.54) is 4.90 Å². The zero-order valence-electron chi connectivity index (χ0n) is 4.71. The lowest BCUT2D eigenvalue weighted by atomic mass is 10.6. The van der Waals surface area contributed by atoms with E-state index in [2.05, 4.69) is 6.58 Å². The van der Waals surface area contributed by atoms with E-state index in [1.807, 2.05) is 0 Å². The highest BCUT2D eigenvalue weighted by atomic mass is 16.1. The number of rotatable bonds is 4. The van der Waals surface area contributed by atoms with Crippen LogP contribution in [0.2, 0.25) is 0 Å². The van der Waals surface area contributed by atoms with Gasteiger partial charge in [-0.3, -0.25) is 4.79 Å². The lowest BCUT2D eigenvalue weighted by molar-refractivity contribution is -0.117. The first-order valence-electron chi connectivity index (χ1n) is 2.35. The molecule has 2 N–H and O–H groups in total. The van der Waals surface area contributed by atoms with Crippen LogP contribution < -0.4 is 5.73 Å². The largest absolute Gasteiger partial charge is 0.329 e. The predicted molar refractivity (Wildman–Crippen MR) is 32.0 cm³/mol. The summed E-state index contributed by atoms with van der Waals surface area (Å²) in [4.78, 5) is 11.3. The van der Waals surface area contributed by atoms with Crippen LogP contribution >= 0.6 is 0 Å². The van der Waals surface area contributed by atoms with Crippen LogP contribution in [-0.4, -0.2) is 24.5 Å². The van der Waals surface area contributed by atoms with Gasteiger partial charge in [-0.1, -0.05) is 6.08 Å². The molecule has 8 heavy (non-hydrogen) atoms. The second kappa shape index (κ2) is 4.33. The fourth-order valence-corrected chi connectivity index (χ4v) is 0.326. The Kier molecular flexibility index (Phi) is 3.88. The molecular formula is C5H10N2O. The summed E-state index contributed by atoms with van der Waals surface area (Å²) in [7, 11) is 0. The van der Waals surface area contributed by atoms with Gasteiger partial charge in [0.25, 0.3) is 0 Å². The third-order valence-electron chi connectivity index (χ3n) is 0.747. The van der Waals surface area contributed by atoms with Crippen molar-refractivity contribution >= 4 is 6.41 Å². The van der Waals surface area contributed by atoms with E-state index in [0.29, 0.717) is 13.0 Å². The number of amides is 1. The molecule has 0 aromatic carbocycles. The van der Waals surface area contributed by atoms with Crippen molar-refractivity contribution in [3.05, 3.63) is 12.7 Å². The molecule has 0 saturated heterocycles. The molecule has 0 aliphatic heterocycles. The van der Waals surface area contributed by atoms with Crippen molar-refractivity contribution < 1.29 is 4.79 Å². The standard InChI is InChI=1S/C5H10N2O/c1-2-3-7(4-6)5-8/h2,5H,1,3-4,6H2. The first kappa shape index (κ1) is 7.17. The van der Waals surface area contributed by atoms with E-state index >= 15 is 0 Å². The van der Waals surface area contributed by atoms with Gasteiger partial charge in [0.2, 0.25) is 6.41 Å². The third kappa shape index (κ3) is 2.36. The quantitative estimate of drug-likeness (QED) is 0.305. The van der Waals surface area contributed by atoms with Crippen LogP contribution in [0.3, 0.4) is 0 Å². The van der Waals surface area contributed by atoms with Gasteiger partial charge in [0.1, 0.15) is 0 Å². The van der Waals surface area contributed by atoms with Gasteiger partial charge in [-0.05, 0) is 0 Å². The Bertz CT molecular complexity index is 82.5. The maximum Gasteiger partial charge on any atom is 0.211 e. The first-order chi connectivity index (χ1) is 3.85. The molecule has 0 rings (SSSR count). The van der Waals surface area contributed by atoms with Crippen LogP contribution in [0.15, 0.2) is 12.7 Å². The fourth-order valence-electron chi connectivity index (χ4n) is 0.326. The van der Waals surface area contributed by atoms with E-state index < -0.39 is 0 Å². The average molecular weight is 114 g/mol. The summed E-state index contributed by atoms with van der Waals surface area (Å²) in [5, 5.41) is 0. The van der Waals surface area contributed by atoms with Gasteiger partial charge in [-0.15, -0.1) is 6.58 Å². The topological polar surface area (TPSA) is 46.3 Å². The smallest absolute Gasteiger partial charge is 0.211 e. The second-order valence-corrected chi connectivity index (χ2v) is 1.35. The molecule has 0 bridgehead atoms. The Morgan fingerprint density at radius 3 is 2.50 bits per heavy atom. The van der Waals surface area contributed by atoms with Crippen LogP contribution in [0.25, 0.3) is 0 Å². The minimum atomic E-state index is 0.259. The van der Waals surface area contributed by atoms with Gasteiger partial charge in [0, 0.05) is 6.54 Å². The second-order valence-electron chi connectivity index (χ2n) is 1.35. The maximum atomic E-state index is 9.92. The first-order valence-corrected chi connectivity index (χ1v) is 2.35. The maximum absolute atomic E-state index is 9.92. The molecular weight excluding hydrogens is 104 g/mol. The van der Waals surface area contributed by atoms with Gasteiger partial charge in [0.05, 0.1) is 6.67 Å². The summed E-state index contributed by atoms with van der Waals surface area (Å²) >= 11 is 0. The van der Waals surface area contributed by atoms with Crippen LogP contribution in [0.4, 0.5) is 0 Å². The third-order valence-corrected chi connectivity index (χ3v) is 0.747. The molecule has 1 amide bonds. The lowest BCUT2D eigenvalue weighted by Crippen LogP contribution is -2.28. The summed E-state index contributed by atoms with van der Waals surface area (Å²) in [5.74, 6) is 0. The Hall–Kier alpha value is -0.830. The summed E-state index contributed by atoms with van der Waals surface area (Å²) < 4.78 is 0. The molecule has 0 heterocycles. The van der Waals surface area contributed by atoms with Crippen molar-refractivity contribution in [2.75, 3.05) is 13.2 Å². The molecule has 0 aliphatic carbocycles. The van der Waals surface area contributed by atoms with E-state index in [9.17, 15) is 4.79 Å². The molecule has 46 valence electrons. The molecule has 0 aromatic heterocycles. The van der Waals surface area contributed by atoms with Crippen LogP contribution in [0.1, 0.15) is 0 Å². The summed E-state index contributed by atoms with van der Waals surface area (Å²) in [6.07, 6.45) is 2.32. The Morgan fingerprint density at radius 1 is 1.75 bits per heavy atom. The van der Waals surface area contributed by atoms with Crippen molar-refractivity contribution in [2.24, 2.45) is 5.73 Å². The average Bonchev–Trinajstić information content (AvgIpc) is 1.83. The molecule has 3 heteroatoms. The molecule has 0 saturated carbocycles. The number of hydrogen-bond acceptors (Lipinski definition) is 2. The van der Waals surface area contributed by atoms with Gasteiger partial charge >= 0.3 is 0 Å². The van der Waals surface area contributed by atoms with Gasteiger partial charge in [0.15, 0.2) is 0 Å². The van der Waals surface area contributed by atoms with E-state index in [0.717, 1.165) is 0 Å². The molecule has 0 radical (unpaired) electrons. The fraction of sp³-hybridized carbons (Fsp3) is 0.400. The number of nitrogens with zero attached hydrogens (tertiary/aromatic N) is 1. The molecule has 0 fully saturated rings. The zero-order valence-corrected chi connectivity index (χ0v) is 4.71. The van der Waals surface area contributed by atoms with Crippen molar-refractivity contribution in [3.63, 3.8) is 0 Å². The summed E-state index contributed by atoms with van der Waals surface area (Å²) in [6, 6.07) is 0. The molecule has 0 atom stereocenters. The minimum absolute atomic E-state index is 0.259. The zero-order chi connectivity index (χ0) is 6.41. The highest BCUT2D eigenvalue weighted by molar-refractivity contribution is 5.47. The molecule has 0 aromatic rings. The molecule has 3 nitrogen and oxygen atoms in total. The van der Waals surface area contributed by atoms with E-state index in [1.54, 1.807) is 6.08 Å². The number of carbonyl (C=O) groups is 1. The predicted octanol–water partition coefficient (Wildman–Crippen LogP) is -0.453. The number of nitrogens with two attached hydrogens (primary N) is 1. The minimum Gasteiger partial charge on any atom is -0.329 e. The molecule has 0 spiro atoms. The molecule has 0 aliphatic rings. The number of hydrogen-bond donors (Lipinski definition) is 1. The Morgan fingerprint density at radius 2 is 2.38 bits per heavy atom. The van der Waals surface area contributed by atoms with Crippen molar-refractivity contribution in [3.8, 4) is 0 Å². The normalized spacial score (nSPS) is 8.12. The van der Waals surface area contributed by atoms with Crippen LogP contribution in [-0.2, 0) is 4.79 Å². The van der Waals surface area contributed by atoms with Gasteiger partial charge < -0.3 is 10.6 Å². The Balaban J connectivity index is 3.35. The molecule has 0 unspecified atom stereocenters. The van der Waals surface area contributed by atoms with Crippen molar-refractivity contribution in [1.82, 2.24) is 4.90 Å². The highest BCUT2D eigenvalue weighted by Gasteiger charge is 1.89. The summed E-state index contributed by atoms with van der Waals surface area (Å²) in [5.41, 5.74) is 5.12. The van der Waals surface area contributed by atoms with Gasteiger partial charge in [-0.2, -0.15) is 0 Å². The summed E-state index contributed by atoms with van der Waals surface area (Å²) in [6.45, 7) is 4.23.